The summed E-state index contributed by atoms with van der Waals surface area (Å²) in [4.78, 5) is 1.17. The summed E-state index contributed by atoms with van der Waals surface area (Å²) in [5.74, 6) is 0. The van der Waals surface area contributed by atoms with E-state index in [0.717, 1.165) is 17.3 Å². The highest BCUT2D eigenvalue weighted by Crippen LogP contribution is 2.32. The monoisotopic (exact) mass is 281 g/mol. The molecule has 5 heteroatoms. The van der Waals surface area contributed by atoms with Gasteiger partial charge in [0.05, 0.1) is 5.69 Å². The number of halogens is 1. The maximum absolute atomic E-state index is 5.89. The third-order valence-electron chi connectivity index (χ3n) is 2.67. The normalized spacial score (nSPS) is 10.9. The molecule has 0 saturated carbocycles. The maximum Gasteiger partial charge on any atom is 0.103 e. The molecule has 18 heavy (non-hydrogen) atoms. The van der Waals surface area contributed by atoms with E-state index in [2.05, 4.69) is 10.4 Å². The first-order valence-corrected chi connectivity index (χ1v) is 6.91. The van der Waals surface area contributed by atoms with Crippen LogP contribution in [-0.4, -0.2) is 16.8 Å². The van der Waals surface area contributed by atoms with Gasteiger partial charge in [0.2, 0.25) is 0 Å². The molecular formula is C13H16ClN3S. The van der Waals surface area contributed by atoms with Crippen molar-refractivity contribution in [3.05, 3.63) is 40.5 Å². The van der Waals surface area contributed by atoms with E-state index in [1.165, 1.54) is 15.5 Å². The van der Waals surface area contributed by atoms with Crippen molar-refractivity contribution in [2.75, 3.05) is 7.05 Å². The maximum atomic E-state index is 5.89. The highest BCUT2D eigenvalue weighted by molar-refractivity contribution is 7.99. The van der Waals surface area contributed by atoms with Gasteiger partial charge >= 0.3 is 0 Å². The lowest BCUT2D eigenvalue weighted by Gasteiger charge is -2.06. The molecule has 0 amide bonds. The van der Waals surface area contributed by atoms with Gasteiger partial charge in [-0.1, -0.05) is 23.4 Å². The molecule has 0 aliphatic rings. The Hall–Kier alpha value is -0.970. The van der Waals surface area contributed by atoms with Gasteiger partial charge in [-0.15, -0.1) is 0 Å². The predicted octanol–water partition coefficient (Wildman–Crippen LogP) is 3.25. The van der Waals surface area contributed by atoms with Gasteiger partial charge in [0.15, 0.2) is 0 Å². The Morgan fingerprint density at radius 2 is 2.00 bits per heavy atom. The zero-order valence-corrected chi connectivity index (χ0v) is 12.3. The standard InChI is InChI=1S/C13H16ClN3S/c1-9-12(8-15-2)13(17(3)16-9)18-11-6-4-10(14)5-7-11/h4-7,15H,8H2,1-3H3. The van der Waals surface area contributed by atoms with Gasteiger partial charge in [-0.25, -0.2) is 0 Å². The van der Waals surface area contributed by atoms with E-state index in [1.807, 2.05) is 50.0 Å². The molecule has 1 heterocycles. The Morgan fingerprint density at radius 1 is 1.33 bits per heavy atom. The van der Waals surface area contributed by atoms with E-state index in [-0.39, 0.29) is 0 Å². The van der Waals surface area contributed by atoms with Gasteiger partial charge < -0.3 is 5.32 Å². The Labute approximate surface area is 117 Å². The second-order valence-electron chi connectivity index (χ2n) is 4.08. The number of hydrogen-bond acceptors (Lipinski definition) is 3. The minimum Gasteiger partial charge on any atom is -0.316 e. The van der Waals surface area contributed by atoms with Crippen LogP contribution in [0.4, 0.5) is 0 Å². The van der Waals surface area contributed by atoms with Gasteiger partial charge in [0.1, 0.15) is 5.03 Å². The fourth-order valence-electron chi connectivity index (χ4n) is 1.80. The second kappa shape index (κ2) is 5.78. The van der Waals surface area contributed by atoms with Crippen molar-refractivity contribution < 1.29 is 0 Å². The number of rotatable bonds is 4. The lowest BCUT2D eigenvalue weighted by atomic mass is 10.3. The molecule has 0 saturated heterocycles. The van der Waals surface area contributed by atoms with E-state index < -0.39 is 0 Å². The van der Waals surface area contributed by atoms with Crippen LogP contribution < -0.4 is 5.32 Å². The lowest BCUT2D eigenvalue weighted by molar-refractivity contribution is 0.684. The molecule has 0 unspecified atom stereocenters. The molecule has 3 nitrogen and oxygen atoms in total. The van der Waals surface area contributed by atoms with E-state index in [1.54, 1.807) is 11.8 Å². The molecular weight excluding hydrogens is 266 g/mol. The van der Waals surface area contributed by atoms with Crippen LogP contribution in [0.1, 0.15) is 11.3 Å². The Morgan fingerprint density at radius 3 is 2.61 bits per heavy atom. The highest BCUT2D eigenvalue weighted by atomic mass is 35.5. The molecule has 1 aromatic carbocycles. The fraction of sp³-hybridized carbons (Fsp3) is 0.308. The number of nitrogens with zero attached hydrogens (tertiary/aromatic N) is 2. The first-order chi connectivity index (χ1) is 8.61. The Kier molecular flexibility index (Phi) is 4.32. The van der Waals surface area contributed by atoms with Crippen LogP contribution >= 0.6 is 23.4 Å². The average molecular weight is 282 g/mol. The van der Waals surface area contributed by atoms with Crippen molar-refractivity contribution in [3.63, 3.8) is 0 Å². The average Bonchev–Trinajstić information content (AvgIpc) is 2.59. The number of aryl methyl sites for hydroxylation is 2. The van der Waals surface area contributed by atoms with Crippen molar-refractivity contribution in [2.45, 2.75) is 23.4 Å². The summed E-state index contributed by atoms with van der Waals surface area (Å²) < 4.78 is 1.93. The summed E-state index contributed by atoms with van der Waals surface area (Å²) in [6.45, 7) is 2.87. The summed E-state index contributed by atoms with van der Waals surface area (Å²) in [6.07, 6.45) is 0. The van der Waals surface area contributed by atoms with Crippen molar-refractivity contribution in [2.24, 2.45) is 7.05 Å². The largest absolute Gasteiger partial charge is 0.316 e. The van der Waals surface area contributed by atoms with Crippen LogP contribution in [-0.2, 0) is 13.6 Å². The topological polar surface area (TPSA) is 29.9 Å². The highest BCUT2D eigenvalue weighted by Gasteiger charge is 2.13. The van der Waals surface area contributed by atoms with Crippen LogP contribution in [0.15, 0.2) is 34.2 Å². The zero-order valence-electron chi connectivity index (χ0n) is 10.7. The summed E-state index contributed by atoms with van der Waals surface area (Å²) in [6, 6.07) is 7.87. The smallest absolute Gasteiger partial charge is 0.103 e. The van der Waals surface area contributed by atoms with Crippen LogP contribution in [0.3, 0.4) is 0 Å². The molecule has 0 spiro atoms. The van der Waals surface area contributed by atoms with E-state index in [4.69, 9.17) is 11.6 Å². The number of aromatic nitrogens is 2. The molecule has 0 fully saturated rings. The molecule has 0 aliphatic heterocycles. The van der Waals surface area contributed by atoms with Crippen LogP contribution in [0, 0.1) is 6.92 Å². The summed E-state index contributed by atoms with van der Waals surface area (Å²) in [5, 5.41) is 9.59. The summed E-state index contributed by atoms with van der Waals surface area (Å²) in [5.41, 5.74) is 2.32. The van der Waals surface area contributed by atoms with E-state index in [0.29, 0.717) is 0 Å². The molecule has 0 bridgehead atoms. The van der Waals surface area contributed by atoms with Crippen molar-refractivity contribution in [1.82, 2.24) is 15.1 Å². The Bertz CT molecular complexity index is 534. The minimum absolute atomic E-state index is 0.760. The summed E-state index contributed by atoms with van der Waals surface area (Å²) in [7, 11) is 3.92. The van der Waals surface area contributed by atoms with Gasteiger partial charge in [-0.05, 0) is 38.2 Å². The van der Waals surface area contributed by atoms with Gasteiger partial charge in [-0.2, -0.15) is 5.10 Å². The lowest BCUT2D eigenvalue weighted by Crippen LogP contribution is -2.06. The van der Waals surface area contributed by atoms with Crippen LogP contribution in [0.25, 0.3) is 0 Å². The molecule has 1 N–H and O–H groups in total. The predicted molar refractivity (Wildman–Crippen MR) is 76.3 cm³/mol. The SMILES string of the molecule is CNCc1c(C)nn(C)c1Sc1ccc(Cl)cc1. The van der Waals surface area contributed by atoms with Gasteiger partial charge in [-0.3, -0.25) is 4.68 Å². The quantitative estimate of drug-likeness (QED) is 0.933. The van der Waals surface area contributed by atoms with Gasteiger partial charge in [0, 0.05) is 29.1 Å². The van der Waals surface area contributed by atoms with Crippen LogP contribution in [0.5, 0.6) is 0 Å². The molecule has 2 aromatic rings. The molecule has 2 rings (SSSR count). The number of hydrogen-bond donors (Lipinski definition) is 1. The fourth-order valence-corrected chi connectivity index (χ4v) is 2.94. The first-order valence-electron chi connectivity index (χ1n) is 5.72. The summed E-state index contributed by atoms with van der Waals surface area (Å²) >= 11 is 7.61. The molecule has 0 atom stereocenters. The second-order valence-corrected chi connectivity index (χ2v) is 5.58. The van der Waals surface area contributed by atoms with E-state index in [9.17, 15) is 0 Å². The molecule has 0 radical (unpaired) electrons. The first kappa shape index (κ1) is 13.5. The van der Waals surface area contributed by atoms with Crippen molar-refractivity contribution in [3.8, 4) is 0 Å². The minimum atomic E-state index is 0.760. The van der Waals surface area contributed by atoms with Crippen molar-refractivity contribution in [1.29, 1.82) is 0 Å². The Balaban J connectivity index is 2.30. The molecule has 0 aliphatic carbocycles. The number of nitrogens with one attached hydrogen (secondary N) is 1. The number of benzene rings is 1. The third-order valence-corrected chi connectivity index (χ3v) is 4.13. The van der Waals surface area contributed by atoms with E-state index >= 15 is 0 Å². The van der Waals surface area contributed by atoms with Gasteiger partial charge in [0.25, 0.3) is 0 Å². The van der Waals surface area contributed by atoms with Crippen molar-refractivity contribution >= 4 is 23.4 Å². The molecule has 1 aromatic heterocycles. The molecule has 96 valence electrons. The van der Waals surface area contributed by atoms with Crippen LogP contribution in [0.2, 0.25) is 5.02 Å². The third kappa shape index (κ3) is 2.88. The zero-order chi connectivity index (χ0) is 13.1.